The SMILES string of the molecule is Cc1cc(NC(=O)C(C)(C)C)sc1C(=O)Nn1cnc2scc(-c3ccccc3)c2c1=O. The summed E-state index contributed by atoms with van der Waals surface area (Å²) >= 11 is 2.55. The molecule has 0 fully saturated rings. The van der Waals surface area contributed by atoms with Gasteiger partial charge in [-0.2, -0.15) is 0 Å². The Morgan fingerprint density at radius 1 is 1.12 bits per heavy atom. The van der Waals surface area contributed by atoms with Gasteiger partial charge in [0.1, 0.15) is 11.2 Å². The molecule has 4 aromatic rings. The number of fused-ring (bicyclic) bond motifs is 1. The quantitative estimate of drug-likeness (QED) is 0.449. The average molecular weight is 467 g/mol. The zero-order chi connectivity index (χ0) is 23.0. The van der Waals surface area contributed by atoms with Crippen LogP contribution in [-0.2, 0) is 4.79 Å². The number of hydrogen-bond donors (Lipinski definition) is 2. The Balaban J connectivity index is 1.63. The van der Waals surface area contributed by atoms with Crippen molar-refractivity contribution >= 4 is 49.7 Å². The second kappa shape index (κ2) is 8.33. The van der Waals surface area contributed by atoms with E-state index in [0.29, 0.717) is 25.7 Å². The van der Waals surface area contributed by atoms with Crippen LogP contribution in [0.2, 0.25) is 0 Å². The fourth-order valence-electron chi connectivity index (χ4n) is 3.07. The highest BCUT2D eigenvalue weighted by Gasteiger charge is 2.23. The summed E-state index contributed by atoms with van der Waals surface area (Å²) in [7, 11) is 0. The van der Waals surface area contributed by atoms with Crippen molar-refractivity contribution in [2.45, 2.75) is 27.7 Å². The summed E-state index contributed by atoms with van der Waals surface area (Å²) < 4.78 is 1.11. The third-order valence-corrected chi connectivity index (χ3v) is 6.88. The van der Waals surface area contributed by atoms with E-state index in [2.05, 4.69) is 15.7 Å². The van der Waals surface area contributed by atoms with E-state index in [1.807, 2.05) is 56.5 Å². The summed E-state index contributed by atoms with van der Waals surface area (Å²) in [6, 6.07) is 11.3. The van der Waals surface area contributed by atoms with Crippen LogP contribution in [0.15, 0.2) is 52.9 Å². The second-order valence-corrected chi connectivity index (χ2v) is 10.3. The van der Waals surface area contributed by atoms with Gasteiger partial charge in [-0.25, -0.2) is 9.66 Å². The van der Waals surface area contributed by atoms with Crippen LogP contribution in [0, 0.1) is 12.3 Å². The number of carbonyl (C=O) groups excluding carboxylic acids is 2. The molecule has 0 spiro atoms. The standard InChI is InChI=1S/C23H22N4O3S2/c1-13-10-16(25-22(30)23(2,3)4)32-18(13)19(28)26-27-12-24-20-17(21(27)29)15(11-31-20)14-8-6-5-7-9-14/h5-12H,1-4H3,(H,25,30)(H,26,28). The molecule has 2 amide bonds. The van der Waals surface area contributed by atoms with Gasteiger partial charge in [-0.1, -0.05) is 51.1 Å². The molecule has 0 atom stereocenters. The normalized spacial score (nSPS) is 11.5. The van der Waals surface area contributed by atoms with E-state index in [-0.39, 0.29) is 11.5 Å². The van der Waals surface area contributed by atoms with E-state index < -0.39 is 11.3 Å². The summed E-state index contributed by atoms with van der Waals surface area (Å²) in [6.45, 7) is 7.25. The molecule has 0 saturated carbocycles. The molecule has 0 unspecified atom stereocenters. The first-order valence-electron chi connectivity index (χ1n) is 9.92. The number of rotatable bonds is 4. The maximum atomic E-state index is 13.2. The van der Waals surface area contributed by atoms with Crippen molar-refractivity contribution in [3.05, 3.63) is 68.9 Å². The number of hydrogen-bond acceptors (Lipinski definition) is 6. The molecule has 32 heavy (non-hydrogen) atoms. The van der Waals surface area contributed by atoms with E-state index in [4.69, 9.17) is 0 Å². The number of thiophene rings is 2. The zero-order valence-electron chi connectivity index (χ0n) is 18.1. The maximum Gasteiger partial charge on any atom is 0.281 e. The fraction of sp³-hybridized carbons (Fsp3) is 0.217. The molecule has 4 rings (SSSR count). The van der Waals surface area contributed by atoms with Gasteiger partial charge in [0.2, 0.25) is 5.91 Å². The molecule has 0 saturated heterocycles. The van der Waals surface area contributed by atoms with Crippen LogP contribution < -0.4 is 16.3 Å². The van der Waals surface area contributed by atoms with E-state index >= 15 is 0 Å². The molecule has 1 aromatic carbocycles. The number of benzene rings is 1. The molecular formula is C23H22N4O3S2. The van der Waals surface area contributed by atoms with Crippen LogP contribution in [0.4, 0.5) is 5.00 Å². The highest BCUT2D eigenvalue weighted by molar-refractivity contribution is 7.18. The maximum absolute atomic E-state index is 13.2. The van der Waals surface area contributed by atoms with Crippen LogP contribution in [0.3, 0.4) is 0 Å². The first-order valence-corrected chi connectivity index (χ1v) is 11.6. The topological polar surface area (TPSA) is 93.1 Å². The molecule has 0 bridgehead atoms. The summed E-state index contributed by atoms with van der Waals surface area (Å²) in [5.41, 5.74) is 4.14. The smallest absolute Gasteiger partial charge is 0.281 e. The summed E-state index contributed by atoms with van der Waals surface area (Å²) in [4.78, 5) is 43.7. The fourth-order valence-corrected chi connectivity index (χ4v) is 4.94. The second-order valence-electron chi connectivity index (χ2n) is 8.38. The lowest BCUT2D eigenvalue weighted by Crippen LogP contribution is -2.33. The number of nitrogens with zero attached hydrogens (tertiary/aromatic N) is 2. The van der Waals surface area contributed by atoms with Crippen LogP contribution in [0.25, 0.3) is 21.3 Å². The highest BCUT2D eigenvalue weighted by atomic mass is 32.1. The number of aryl methyl sites for hydroxylation is 1. The van der Waals surface area contributed by atoms with Crippen molar-refractivity contribution in [2.75, 3.05) is 10.7 Å². The third kappa shape index (κ3) is 4.21. The average Bonchev–Trinajstić information content (AvgIpc) is 3.34. The lowest BCUT2D eigenvalue weighted by molar-refractivity contribution is -0.123. The molecule has 0 radical (unpaired) electrons. The van der Waals surface area contributed by atoms with E-state index in [1.165, 1.54) is 17.7 Å². The Bertz CT molecular complexity index is 1380. The van der Waals surface area contributed by atoms with Gasteiger partial charge in [-0.15, -0.1) is 22.7 Å². The number of nitrogens with one attached hydrogen (secondary N) is 2. The van der Waals surface area contributed by atoms with Gasteiger partial charge in [-0.05, 0) is 24.1 Å². The predicted molar refractivity (Wildman–Crippen MR) is 130 cm³/mol. The van der Waals surface area contributed by atoms with E-state index in [1.54, 1.807) is 13.0 Å². The number of aromatic nitrogens is 2. The van der Waals surface area contributed by atoms with Gasteiger partial charge >= 0.3 is 0 Å². The van der Waals surface area contributed by atoms with Crippen LogP contribution in [-0.4, -0.2) is 21.5 Å². The molecule has 0 aliphatic heterocycles. The zero-order valence-corrected chi connectivity index (χ0v) is 19.7. The minimum atomic E-state index is -0.550. The van der Waals surface area contributed by atoms with Gasteiger partial charge in [0.25, 0.3) is 11.5 Å². The molecule has 0 aliphatic carbocycles. The summed E-state index contributed by atoms with van der Waals surface area (Å²) in [5.74, 6) is -0.578. The molecule has 164 valence electrons. The van der Waals surface area contributed by atoms with Crippen molar-refractivity contribution in [1.82, 2.24) is 9.66 Å². The summed E-state index contributed by atoms with van der Waals surface area (Å²) in [5, 5.41) is 5.78. The van der Waals surface area contributed by atoms with E-state index in [9.17, 15) is 14.4 Å². The first-order chi connectivity index (χ1) is 15.1. The minimum absolute atomic E-state index is 0.137. The molecule has 2 N–H and O–H groups in total. The van der Waals surface area contributed by atoms with Crippen molar-refractivity contribution in [1.29, 1.82) is 0 Å². The molecule has 0 aliphatic rings. The van der Waals surface area contributed by atoms with Crippen molar-refractivity contribution < 1.29 is 9.59 Å². The number of carbonyl (C=O) groups is 2. The number of anilines is 1. The Morgan fingerprint density at radius 3 is 2.53 bits per heavy atom. The monoisotopic (exact) mass is 466 g/mol. The van der Waals surface area contributed by atoms with Gasteiger partial charge in [0, 0.05) is 16.4 Å². The Kier molecular flexibility index (Phi) is 5.70. The molecular weight excluding hydrogens is 444 g/mol. The van der Waals surface area contributed by atoms with Crippen LogP contribution in [0.1, 0.15) is 36.0 Å². The lowest BCUT2D eigenvalue weighted by atomic mass is 9.96. The largest absolute Gasteiger partial charge is 0.317 e. The van der Waals surface area contributed by atoms with Crippen LogP contribution in [0.5, 0.6) is 0 Å². The Hall–Kier alpha value is -3.30. The van der Waals surface area contributed by atoms with E-state index in [0.717, 1.165) is 27.1 Å². The predicted octanol–water partition coefficient (Wildman–Crippen LogP) is 4.86. The third-order valence-electron chi connectivity index (χ3n) is 4.84. The molecule has 7 nitrogen and oxygen atoms in total. The van der Waals surface area contributed by atoms with Gasteiger partial charge in [0.15, 0.2) is 0 Å². The summed E-state index contributed by atoms with van der Waals surface area (Å²) in [6.07, 6.45) is 1.32. The van der Waals surface area contributed by atoms with Gasteiger partial charge < -0.3 is 5.32 Å². The van der Waals surface area contributed by atoms with Crippen molar-refractivity contribution in [3.8, 4) is 11.1 Å². The molecule has 9 heteroatoms. The van der Waals surface area contributed by atoms with Crippen molar-refractivity contribution in [3.63, 3.8) is 0 Å². The lowest BCUT2D eigenvalue weighted by Gasteiger charge is -2.16. The van der Waals surface area contributed by atoms with Gasteiger partial charge in [-0.3, -0.25) is 19.8 Å². The highest BCUT2D eigenvalue weighted by Crippen LogP contribution is 2.31. The van der Waals surface area contributed by atoms with Crippen LogP contribution >= 0.6 is 22.7 Å². The molecule has 3 heterocycles. The number of amides is 2. The first kappa shape index (κ1) is 21.9. The Labute approximate surface area is 192 Å². The van der Waals surface area contributed by atoms with Gasteiger partial charge in [0.05, 0.1) is 15.3 Å². The molecule has 3 aromatic heterocycles. The minimum Gasteiger partial charge on any atom is -0.317 e. The Morgan fingerprint density at radius 2 is 1.84 bits per heavy atom. The van der Waals surface area contributed by atoms with Crippen molar-refractivity contribution in [2.24, 2.45) is 5.41 Å².